The van der Waals surface area contributed by atoms with Gasteiger partial charge in [0, 0.05) is 42.6 Å². The van der Waals surface area contributed by atoms with Crippen molar-refractivity contribution in [1.82, 2.24) is 4.98 Å². The Bertz CT molecular complexity index is 1490. The molecule has 0 saturated carbocycles. The van der Waals surface area contributed by atoms with Gasteiger partial charge in [-0.1, -0.05) is 19.1 Å². The van der Waals surface area contributed by atoms with Crippen molar-refractivity contribution in [1.29, 1.82) is 0 Å². The minimum absolute atomic E-state index is 0.116. The molecule has 0 atom stereocenters. The predicted octanol–water partition coefficient (Wildman–Crippen LogP) is 5.89. The molecule has 0 amide bonds. The van der Waals surface area contributed by atoms with E-state index in [0.29, 0.717) is 25.2 Å². The number of aromatic nitrogens is 1. The summed E-state index contributed by atoms with van der Waals surface area (Å²) in [5.74, 6) is 0.116. The fourth-order valence-corrected chi connectivity index (χ4v) is 7.33. The molecule has 6 nitrogen and oxygen atoms in total. The average molecular weight is 511 g/mol. The smallest absolute Gasteiger partial charge is 0.235 e. The first kappa shape index (κ1) is 25.4. The summed E-state index contributed by atoms with van der Waals surface area (Å²) in [6.07, 6.45) is 0.573. The van der Waals surface area contributed by atoms with Gasteiger partial charge in [0.2, 0.25) is 10.0 Å². The molecule has 0 fully saturated rings. The van der Waals surface area contributed by atoms with Crippen LogP contribution in [0.2, 0.25) is 0 Å². The van der Waals surface area contributed by atoms with Gasteiger partial charge in [0.1, 0.15) is 0 Å². The minimum Gasteiger partial charge on any atom is -0.372 e. The second-order valence-corrected chi connectivity index (χ2v) is 11.5. The van der Waals surface area contributed by atoms with E-state index < -0.39 is 10.0 Å². The highest BCUT2D eigenvalue weighted by molar-refractivity contribution is 7.92. The van der Waals surface area contributed by atoms with Gasteiger partial charge in [-0.2, -0.15) is 0 Å². The molecule has 0 unspecified atom stereocenters. The topological polar surface area (TPSA) is 65.9 Å². The second kappa shape index (κ2) is 10.5. The Balaban J connectivity index is 2.05. The molecule has 8 heteroatoms. The first-order valence-electron chi connectivity index (χ1n) is 12.4. The van der Waals surface area contributed by atoms with E-state index in [-0.39, 0.29) is 5.75 Å². The van der Waals surface area contributed by atoms with Gasteiger partial charge in [0.25, 0.3) is 0 Å². The van der Waals surface area contributed by atoms with Crippen LogP contribution in [0.25, 0.3) is 31.6 Å². The van der Waals surface area contributed by atoms with Gasteiger partial charge in [-0.05, 0) is 64.4 Å². The Labute approximate surface area is 212 Å². The van der Waals surface area contributed by atoms with Crippen LogP contribution in [0.3, 0.4) is 0 Å². The Kier molecular flexibility index (Phi) is 7.62. The normalized spacial score (nSPS) is 12.7. The van der Waals surface area contributed by atoms with E-state index in [1.165, 1.54) is 9.99 Å². The molecule has 0 saturated heterocycles. The summed E-state index contributed by atoms with van der Waals surface area (Å²) in [6.45, 7) is 13.0. The lowest BCUT2D eigenvalue weighted by molar-refractivity contribution is 0.590. The maximum Gasteiger partial charge on any atom is 0.235 e. The first-order valence-corrected chi connectivity index (χ1v) is 14.9. The SMILES string of the molecule is CCCS(=O)(=O)N(CC)c1cccc2c3nc4ccc(N(CC)CC)cc4sc-3cc(=NCC)c12. The molecule has 1 aliphatic carbocycles. The third kappa shape index (κ3) is 4.74. The maximum atomic E-state index is 13.1. The molecule has 186 valence electrons. The Morgan fingerprint density at radius 3 is 2.40 bits per heavy atom. The van der Waals surface area contributed by atoms with Crippen LogP contribution in [-0.2, 0) is 10.0 Å². The summed E-state index contributed by atoms with van der Waals surface area (Å²) < 4.78 is 28.9. The molecular weight excluding hydrogens is 476 g/mol. The largest absolute Gasteiger partial charge is 0.372 e. The van der Waals surface area contributed by atoms with Gasteiger partial charge in [0.15, 0.2) is 0 Å². The molecule has 1 aliphatic heterocycles. The van der Waals surface area contributed by atoms with E-state index in [4.69, 9.17) is 9.98 Å². The van der Waals surface area contributed by atoms with Gasteiger partial charge >= 0.3 is 0 Å². The number of anilines is 2. The summed E-state index contributed by atoms with van der Waals surface area (Å²) >= 11 is 1.71. The number of benzene rings is 3. The van der Waals surface area contributed by atoms with E-state index in [0.717, 1.165) is 50.0 Å². The molecule has 1 heterocycles. The molecular formula is C27H34N4O2S2. The molecule has 0 N–H and O–H groups in total. The molecule has 35 heavy (non-hydrogen) atoms. The van der Waals surface area contributed by atoms with E-state index in [2.05, 4.69) is 43.0 Å². The second-order valence-electron chi connectivity index (χ2n) is 8.44. The van der Waals surface area contributed by atoms with Gasteiger partial charge in [-0.25, -0.2) is 13.4 Å². The lowest BCUT2D eigenvalue weighted by Gasteiger charge is -2.25. The van der Waals surface area contributed by atoms with Crippen LogP contribution in [0, 0.1) is 0 Å². The highest BCUT2D eigenvalue weighted by Gasteiger charge is 2.24. The van der Waals surface area contributed by atoms with Crippen LogP contribution in [0.4, 0.5) is 11.4 Å². The molecule has 2 aromatic rings. The molecule has 2 aliphatic rings. The molecule has 0 radical (unpaired) electrons. The fourth-order valence-electron chi connectivity index (χ4n) is 4.69. The van der Waals surface area contributed by atoms with E-state index in [1.807, 2.05) is 39.0 Å². The molecule has 0 spiro atoms. The Morgan fingerprint density at radius 1 is 0.971 bits per heavy atom. The van der Waals surface area contributed by atoms with Crippen LogP contribution < -0.4 is 14.6 Å². The number of fused-ring (bicyclic) bond motifs is 4. The van der Waals surface area contributed by atoms with Gasteiger partial charge in [0.05, 0.1) is 37.6 Å². The summed E-state index contributed by atoms with van der Waals surface area (Å²) in [5.41, 5.74) is 3.70. The standard InChI is InChI=1S/C27H34N4O2S2/c1-6-16-35(32,33)31(10-5)23-13-11-12-20-26(23)22(28-7-2)18-25-27(20)29-21-15-14-19(17-24(21)34-25)30(8-3)9-4/h11-15,17-18H,6-10,16H2,1-5H3. The minimum atomic E-state index is -3.44. The third-order valence-corrected chi connectivity index (χ3v) is 9.39. The van der Waals surface area contributed by atoms with E-state index in [1.54, 1.807) is 11.3 Å². The lowest BCUT2D eigenvalue weighted by atomic mass is 10.0. The Morgan fingerprint density at radius 2 is 1.74 bits per heavy atom. The predicted molar refractivity (Wildman–Crippen MR) is 151 cm³/mol. The van der Waals surface area contributed by atoms with Crippen LogP contribution in [0.5, 0.6) is 0 Å². The number of hydrogen-bond acceptors (Lipinski definition) is 6. The van der Waals surface area contributed by atoms with Crippen molar-refractivity contribution in [3.63, 3.8) is 0 Å². The highest BCUT2D eigenvalue weighted by atomic mass is 32.2. The summed E-state index contributed by atoms with van der Waals surface area (Å²) in [7, 11) is -3.44. The monoisotopic (exact) mass is 510 g/mol. The fraction of sp³-hybridized carbons (Fsp3) is 0.407. The summed E-state index contributed by atoms with van der Waals surface area (Å²) in [6, 6.07) is 14.4. The number of nitrogens with zero attached hydrogens (tertiary/aromatic N) is 4. The van der Waals surface area contributed by atoms with Crippen LogP contribution >= 0.6 is 11.3 Å². The van der Waals surface area contributed by atoms with Crippen molar-refractivity contribution in [2.75, 3.05) is 41.1 Å². The zero-order valence-corrected chi connectivity index (χ0v) is 22.8. The van der Waals surface area contributed by atoms with E-state index in [9.17, 15) is 8.42 Å². The zero-order valence-electron chi connectivity index (χ0n) is 21.2. The average Bonchev–Trinajstić information content (AvgIpc) is 2.84. The number of hydrogen-bond donors (Lipinski definition) is 0. The van der Waals surface area contributed by atoms with Gasteiger partial charge < -0.3 is 4.90 Å². The molecule has 0 bridgehead atoms. The molecule has 0 aromatic heterocycles. The van der Waals surface area contributed by atoms with Crippen molar-refractivity contribution in [2.45, 2.75) is 41.0 Å². The summed E-state index contributed by atoms with van der Waals surface area (Å²) in [4.78, 5) is 13.2. The highest BCUT2D eigenvalue weighted by Crippen LogP contribution is 2.38. The maximum absolute atomic E-state index is 13.1. The Hall–Kier alpha value is -2.71. The van der Waals surface area contributed by atoms with Crippen molar-refractivity contribution in [3.05, 3.63) is 47.8 Å². The molecule has 2 aromatic carbocycles. The molecule has 4 rings (SSSR count). The first-order chi connectivity index (χ1) is 16.9. The number of rotatable bonds is 9. The zero-order chi connectivity index (χ0) is 25.2. The van der Waals surface area contributed by atoms with E-state index >= 15 is 0 Å². The lowest BCUT2D eigenvalue weighted by Crippen LogP contribution is -2.33. The van der Waals surface area contributed by atoms with Crippen LogP contribution in [-0.4, -0.2) is 45.3 Å². The van der Waals surface area contributed by atoms with Gasteiger partial charge in [-0.15, -0.1) is 11.3 Å². The summed E-state index contributed by atoms with van der Waals surface area (Å²) in [5, 5.41) is 2.60. The van der Waals surface area contributed by atoms with Crippen molar-refractivity contribution in [3.8, 4) is 10.6 Å². The van der Waals surface area contributed by atoms with Crippen molar-refractivity contribution in [2.24, 2.45) is 4.99 Å². The third-order valence-electron chi connectivity index (χ3n) is 6.26. The van der Waals surface area contributed by atoms with Crippen molar-refractivity contribution < 1.29 is 8.42 Å². The van der Waals surface area contributed by atoms with Crippen molar-refractivity contribution >= 4 is 53.7 Å². The van der Waals surface area contributed by atoms with Crippen LogP contribution in [0.1, 0.15) is 41.0 Å². The van der Waals surface area contributed by atoms with Crippen LogP contribution in [0.15, 0.2) is 47.5 Å². The number of sulfonamides is 1. The quantitative estimate of drug-likeness (QED) is 0.208. The van der Waals surface area contributed by atoms with Gasteiger partial charge in [-0.3, -0.25) is 9.30 Å².